The summed E-state index contributed by atoms with van der Waals surface area (Å²) in [6.45, 7) is 10.3. The monoisotopic (exact) mass is 261 g/mol. The van der Waals surface area contributed by atoms with E-state index in [1.165, 1.54) is 24.8 Å². The molecule has 2 rings (SSSR count). The third-order valence-electron chi connectivity index (χ3n) is 4.33. The summed E-state index contributed by atoms with van der Waals surface area (Å²) >= 11 is 0. The van der Waals surface area contributed by atoms with Gasteiger partial charge in [0.1, 0.15) is 6.33 Å². The second-order valence-electron chi connectivity index (χ2n) is 7.01. The lowest BCUT2D eigenvalue weighted by Gasteiger charge is -2.41. The zero-order valence-corrected chi connectivity index (χ0v) is 12.7. The first-order valence-corrected chi connectivity index (χ1v) is 7.46. The molecule has 1 fully saturated rings. The maximum atomic E-state index is 4.21. The van der Waals surface area contributed by atoms with Gasteiger partial charge in [0.05, 0.1) is 0 Å². The lowest BCUT2D eigenvalue weighted by Crippen LogP contribution is -2.37. The zero-order valence-electron chi connectivity index (χ0n) is 12.7. The Hall–Kier alpha value is -0.960. The van der Waals surface area contributed by atoms with Gasteiger partial charge in [-0.05, 0) is 48.6 Å². The van der Waals surface area contributed by atoms with Gasteiger partial charge in [0.25, 0.3) is 0 Å². The highest BCUT2D eigenvalue weighted by Gasteiger charge is 2.35. The van der Waals surface area contributed by atoms with Crippen LogP contribution in [0.5, 0.6) is 0 Å². The number of aromatic nitrogens is 2. The predicted molar refractivity (Wildman–Crippen MR) is 79.0 cm³/mol. The molecule has 0 bridgehead atoms. The van der Waals surface area contributed by atoms with E-state index in [2.05, 4.69) is 43.0 Å². The highest BCUT2D eigenvalue weighted by Crippen LogP contribution is 2.46. The minimum absolute atomic E-state index is 0.439. The van der Waals surface area contributed by atoms with Gasteiger partial charge in [0, 0.05) is 18.4 Å². The molecular weight excluding hydrogens is 234 g/mol. The van der Waals surface area contributed by atoms with Crippen LogP contribution in [0.25, 0.3) is 0 Å². The van der Waals surface area contributed by atoms with Crippen LogP contribution in [0.15, 0.2) is 18.7 Å². The summed E-state index contributed by atoms with van der Waals surface area (Å²) in [7, 11) is 0. The Morgan fingerprint density at radius 2 is 2.00 bits per heavy atom. The minimum Gasteiger partial charge on any atom is -0.314 e. The number of hydrogen-bond acceptors (Lipinski definition) is 3. The highest BCUT2D eigenvalue weighted by atomic mass is 14.9. The number of nitrogens with zero attached hydrogens (tertiary/aromatic N) is 2. The van der Waals surface area contributed by atoms with Crippen LogP contribution in [0, 0.1) is 11.3 Å². The fraction of sp³-hybridized carbons (Fsp3) is 0.750. The lowest BCUT2D eigenvalue weighted by atomic mass is 9.65. The molecule has 0 amide bonds. The van der Waals surface area contributed by atoms with E-state index in [0.29, 0.717) is 23.3 Å². The summed E-state index contributed by atoms with van der Waals surface area (Å²) in [5, 5.41) is 3.60. The normalized spacial score (nSPS) is 26.6. The molecular formula is C16H27N3. The summed E-state index contributed by atoms with van der Waals surface area (Å²) in [6.07, 6.45) is 9.49. The van der Waals surface area contributed by atoms with Gasteiger partial charge in [-0.25, -0.2) is 9.97 Å². The third-order valence-corrected chi connectivity index (χ3v) is 4.33. The van der Waals surface area contributed by atoms with E-state index in [0.717, 1.165) is 6.54 Å². The Balaban J connectivity index is 2.12. The van der Waals surface area contributed by atoms with E-state index in [1.807, 2.05) is 12.4 Å². The maximum absolute atomic E-state index is 4.21. The first-order chi connectivity index (χ1) is 8.98. The Morgan fingerprint density at radius 1 is 1.32 bits per heavy atom. The molecule has 0 saturated heterocycles. The van der Waals surface area contributed by atoms with E-state index >= 15 is 0 Å². The molecule has 1 aromatic heterocycles. The summed E-state index contributed by atoms with van der Waals surface area (Å²) in [5.41, 5.74) is 1.75. The Morgan fingerprint density at radius 3 is 2.63 bits per heavy atom. The predicted octanol–water partition coefficient (Wildman–Crippen LogP) is 3.38. The first kappa shape index (κ1) is 14.4. The molecule has 2 unspecified atom stereocenters. The van der Waals surface area contributed by atoms with Gasteiger partial charge >= 0.3 is 0 Å². The molecule has 1 saturated carbocycles. The van der Waals surface area contributed by atoms with Gasteiger partial charge in [-0.2, -0.15) is 0 Å². The number of rotatable bonds is 4. The van der Waals surface area contributed by atoms with Gasteiger partial charge in [0.15, 0.2) is 0 Å². The summed E-state index contributed by atoms with van der Waals surface area (Å²) in [5.74, 6) is 1.30. The molecule has 1 aromatic rings. The SMILES string of the molecule is CC(C)NCC1CCC(C)(C)CC1c1cncnc1. The van der Waals surface area contributed by atoms with Crippen molar-refractivity contribution in [2.75, 3.05) is 6.54 Å². The third kappa shape index (κ3) is 4.00. The quantitative estimate of drug-likeness (QED) is 0.903. The van der Waals surface area contributed by atoms with Crippen molar-refractivity contribution in [2.45, 2.75) is 58.9 Å². The number of nitrogens with one attached hydrogen (secondary N) is 1. The van der Waals surface area contributed by atoms with Crippen LogP contribution in [-0.4, -0.2) is 22.6 Å². The first-order valence-electron chi connectivity index (χ1n) is 7.46. The molecule has 0 aromatic carbocycles. The molecule has 0 spiro atoms. The van der Waals surface area contributed by atoms with Crippen molar-refractivity contribution in [1.82, 2.24) is 15.3 Å². The molecule has 3 nitrogen and oxygen atoms in total. The van der Waals surface area contributed by atoms with Gasteiger partial charge in [0.2, 0.25) is 0 Å². The van der Waals surface area contributed by atoms with Crippen LogP contribution in [0.2, 0.25) is 0 Å². The standard InChI is InChI=1S/C16H27N3/c1-12(2)19-10-13-5-6-16(3,4)7-15(13)14-8-17-11-18-9-14/h8-9,11-13,15,19H,5-7,10H2,1-4H3. The second-order valence-corrected chi connectivity index (χ2v) is 7.01. The van der Waals surface area contributed by atoms with Crippen molar-refractivity contribution in [3.8, 4) is 0 Å². The van der Waals surface area contributed by atoms with Crippen LogP contribution in [0.1, 0.15) is 58.4 Å². The van der Waals surface area contributed by atoms with Crippen molar-refractivity contribution in [1.29, 1.82) is 0 Å². The van der Waals surface area contributed by atoms with Crippen LogP contribution in [0.4, 0.5) is 0 Å². The number of hydrogen-bond donors (Lipinski definition) is 1. The smallest absolute Gasteiger partial charge is 0.115 e. The van der Waals surface area contributed by atoms with Crippen molar-refractivity contribution >= 4 is 0 Å². The van der Waals surface area contributed by atoms with E-state index in [-0.39, 0.29) is 0 Å². The van der Waals surface area contributed by atoms with Crippen LogP contribution < -0.4 is 5.32 Å². The Kier molecular flexibility index (Phi) is 4.56. The molecule has 1 heterocycles. The maximum Gasteiger partial charge on any atom is 0.115 e. The van der Waals surface area contributed by atoms with Crippen molar-refractivity contribution < 1.29 is 0 Å². The molecule has 0 radical (unpaired) electrons. The van der Waals surface area contributed by atoms with E-state index in [9.17, 15) is 0 Å². The molecule has 3 heteroatoms. The Bertz CT molecular complexity index is 384. The van der Waals surface area contributed by atoms with Crippen molar-refractivity contribution in [3.63, 3.8) is 0 Å². The average molecular weight is 261 g/mol. The van der Waals surface area contributed by atoms with E-state index in [4.69, 9.17) is 0 Å². The molecule has 19 heavy (non-hydrogen) atoms. The van der Waals surface area contributed by atoms with Crippen molar-refractivity contribution in [3.05, 3.63) is 24.3 Å². The van der Waals surface area contributed by atoms with Gasteiger partial charge in [-0.3, -0.25) is 0 Å². The van der Waals surface area contributed by atoms with Crippen LogP contribution >= 0.6 is 0 Å². The summed E-state index contributed by atoms with van der Waals surface area (Å²) in [6, 6.07) is 0.558. The fourth-order valence-electron chi connectivity index (χ4n) is 3.16. The van der Waals surface area contributed by atoms with E-state index in [1.54, 1.807) is 6.33 Å². The molecule has 1 N–H and O–H groups in total. The highest BCUT2D eigenvalue weighted by molar-refractivity contribution is 5.14. The fourth-order valence-corrected chi connectivity index (χ4v) is 3.16. The summed E-state index contributed by atoms with van der Waals surface area (Å²) < 4.78 is 0. The molecule has 0 aliphatic heterocycles. The minimum atomic E-state index is 0.439. The van der Waals surface area contributed by atoms with Gasteiger partial charge < -0.3 is 5.32 Å². The molecule has 1 aliphatic carbocycles. The van der Waals surface area contributed by atoms with Gasteiger partial charge in [-0.15, -0.1) is 0 Å². The zero-order chi connectivity index (χ0) is 13.9. The molecule has 106 valence electrons. The second kappa shape index (κ2) is 6.00. The molecule has 1 aliphatic rings. The largest absolute Gasteiger partial charge is 0.314 e. The Labute approximate surface area is 117 Å². The average Bonchev–Trinajstić information content (AvgIpc) is 2.37. The topological polar surface area (TPSA) is 37.8 Å². The van der Waals surface area contributed by atoms with Crippen LogP contribution in [-0.2, 0) is 0 Å². The lowest BCUT2D eigenvalue weighted by molar-refractivity contribution is 0.157. The summed E-state index contributed by atoms with van der Waals surface area (Å²) in [4.78, 5) is 8.41. The van der Waals surface area contributed by atoms with E-state index < -0.39 is 0 Å². The van der Waals surface area contributed by atoms with Crippen LogP contribution in [0.3, 0.4) is 0 Å². The van der Waals surface area contributed by atoms with Crippen molar-refractivity contribution in [2.24, 2.45) is 11.3 Å². The molecule has 2 atom stereocenters. The van der Waals surface area contributed by atoms with Gasteiger partial charge in [-0.1, -0.05) is 27.7 Å².